The Balaban J connectivity index is 2.84. The molecule has 0 aromatic rings. The van der Waals surface area contributed by atoms with Gasteiger partial charge in [-0.05, 0) is 6.42 Å². The molecule has 0 fully saturated rings. The SMILES string of the molecule is NCCOCCCC(=O)O. The quantitative estimate of drug-likeness (QED) is 0.511. The predicted molar refractivity (Wildman–Crippen MR) is 36.7 cm³/mol. The van der Waals surface area contributed by atoms with Gasteiger partial charge in [-0.2, -0.15) is 0 Å². The summed E-state index contributed by atoms with van der Waals surface area (Å²) in [4.78, 5) is 9.95. The molecule has 0 aromatic heterocycles. The lowest BCUT2D eigenvalue weighted by Gasteiger charge is -1.98. The van der Waals surface area contributed by atoms with Crippen molar-refractivity contribution in [3.63, 3.8) is 0 Å². The summed E-state index contributed by atoms with van der Waals surface area (Å²) in [6.45, 7) is 1.50. The molecule has 0 atom stereocenters. The van der Waals surface area contributed by atoms with Crippen molar-refractivity contribution in [1.29, 1.82) is 0 Å². The molecule has 0 heterocycles. The van der Waals surface area contributed by atoms with Gasteiger partial charge in [0, 0.05) is 19.6 Å². The number of hydrogen-bond donors (Lipinski definition) is 2. The minimum Gasteiger partial charge on any atom is -0.481 e. The van der Waals surface area contributed by atoms with Crippen LogP contribution in [-0.4, -0.2) is 30.8 Å². The fraction of sp³-hybridized carbons (Fsp3) is 0.833. The van der Waals surface area contributed by atoms with Crippen molar-refractivity contribution in [3.05, 3.63) is 0 Å². The Bertz CT molecular complexity index is 95.0. The average molecular weight is 147 g/mol. The highest BCUT2D eigenvalue weighted by Gasteiger charge is 1.94. The first-order valence-electron chi connectivity index (χ1n) is 3.27. The monoisotopic (exact) mass is 147 g/mol. The molecule has 0 saturated heterocycles. The van der Waals surface area contributed by atoms with E-state index in [-0.39, 0.29) is 6.42 Å². The van der Waals surface area contributed by atoms with E-state index in [0.717, 1.165) is 0 Å². The molecule has 0 radical (unpaired) electrons. The molecule has 0 unspecified atom stereocenters. The number of aliphatic carboxylic acids is 1. The van der Waals surface area contributed by atoms with Crippen LogP contribution in [0.2, 0.25) is 0 Å². The number of hydrogen-bond acceptors (Lipinski definition) is 3. The number of rotatable bonds is 6. The van der Waals surface area contributed by atoms with Crippen molar-refractivity contribution >= 4 is 5.97 Å². The maximum absolute atomic E-state index is 9.95. The first kappa shape index (κ1) is 9.39. The number of ether oxygens (including phenoxy) is 1. The van der Waals surface area contributed by atoms with Crippen LogP contribution in [0.5, 0.6) is 0 Å². The average Bonchev–Trinajstić information content (AvgIpc) is 1.87. The highest BCUT2D eigenvalue weighted by atomic mass is 16.5. The second-order valence-corrected chi connectivity index (χ2v) is 1.90. The molecule has 0 aliphatic rings. The third kappa shape index (κ3) is 7.39. The number of carboxylic acids is 1. The van der Waals surface area contributed by atoms with Crippen molar-refractivity contribution in [3.8, 4) is 0 Å². The highest BCUT2D eigenvalue weighted by molar-refractivity contribution is 5.66. The maximum atomic E-state index is 9.95. The molecule has 4 nitrogen and oxygen atoms in total. The van der Waals surface area contributed by atoms with Gasteiger partial charge in [-0.15, -0.1) is 0 Å². The second kappa shape index (κ2) is 6.51. The lowest BCUT2D eigenvalue weighted by atomic mass is 10.3. The molecule has 0 spiro atoms. The summed E-state index contributed by atoms with van der Waals surface area (Å²) in [5, 5.41) is 8.19. The van der Waals surface area contributed by atoms with Crippen molar-refractivity contribution in [1.82, 2.24) is 0 Å². The first-order chi connectivity index (χ1) is 4.77. The molecule has 0 aromatic carbocycles. The van der Waals surface area contributed by atoms with Gasteiger partial charge in [-0.25, -0.2) is 0 Å². The van der Waals surface area contributed by atoms with E-state index in [2.05, 4.69) is 0 Å². The van der Waals surface area contributed by atoms with Crippen molar-refractivity contribution in [2.75, 3.05) is 19.8 Å². The van der Waals surface area contributed by atoms with Crippen LogP contribution >= 0.6 is 0 Å². The fourth-order valence-electron chi connectivity index (χ4n) is 0.511. The molecule has 3 N–H and O–H groups in total. The molecule has 0 bridgehead atoms. The normalized spacial score (nSPS) is 9.70. The second-order valence-electron chi connectivity index (χ2n) is 1.90. The Morgan fingerprint density at radius 1 is 1.50 bits per heavy atom. The van der Waals surface area contributed by atoms with Gasteiger partial charge in [-0.3, -0.25) is 4.79 Å². The topological polar surface area (TPSA) is 72.5 Å². The predicted octanol–water partition coefficient (Wildman–Crippen LogP) is -0.174. The molecule has 0 aliphatic carbocycles. The maximum Gasteiger partial charge on any atom is 0.303 e. The van der Waals surface area contributed by atoms with Crippen molar-refractivity contribution < 1.29 is 14.6 Å². The minimum atomic E-state index is -0.781. The van der Waals surface area contributed by atoms with Crippen LogP contribution in [0.25, 0.3) is 0 Å². The molecule has 4 heteroatoms. The van der Waals surface area contributed by atoms with Crippen LogP contribution < -0.4 is 5.73 Å². The largest absolute Gasteiger partial charge is 0.481 e. The standard InChI is InChI=1S/C6H13NO3/c7-3-5-10-4-1-2-6(8)9/h1-5,7H2,(H,8,9). The van der Waals surface area contributed by atoms with Gasteiger partial charge >= 0.3 is 5.97 Å². The minimum absolute atomic E-state index is 0.171. The number of carbonyl (C=O) groups is 1. The fourth-order valence-corrected chi connectivity index (χ4v) is 0.511. The molecular formula is C6H13NO3. The van der Waals surface area contributed by atoms with Gasteiger partial charge in [0.15, 0.2) is 0 Å². The summed E-state index contributed by atoms with van der Waals surface area (Å²) in [6.07, 6.45) is 0.736. The zero-order valence-electron chi connectivity index (χ0n) is 5.88. The lowest BCUT2D eigenvalue weighted by Crippen LogP contribution is -2.09. The highest BCUT2D eigenvalue weighted by Crippen LogP contribution is 1.88. The molecule has 0 rings (SSSR count). The van der Waals surface area contributed by atoms with E-state index in [4.69, 9.17) is 15.6 Å². The van der Waals surface area contributed by atoms with Crippen LogP contribution in [0.3, 0.4) is 0 Å². The van der Waals surface area contributed by atoms with Gasteiger partial charge in [0.2, 0.25) is 0 Å². The van der Waals surface area contributed by atoms with E-state index >= 15 is 0 Å². The molecule has 60 valence electrons. The molecular weight excluding hydrogens is 134 g/mol. The number of nitrogens with two attached hydrogens (primary N) is 1. The summed E-state index contributed by atoms with van der Waals surface area (Å²) in [5.74, 6) is -0.781. The summed E-state index contributed by atoms with van der Waals surface area (Å²) < 4.78 is 4.94. The Kier molecular flexibility index (Phi) is 6.11. The zero-order chi connectivity index (χ0) is 7.82. The third-order valence-electron chi connectivity index (χ3n) is 0.942. The molecule has 0 saturated carbocycles. The van der Waals surface area contributed by atoms with E-state index in [9.17, 15) is 4.79 Å². The van der Waals surface area contributed by atoms with Crippen LogP contribution in [0.15, 0.2) is 0 Å². The molecule has 10 heavy (non-hydrogen) atoms. The Hall–Kier alpha value is -0.610. The van der Waals surface area contributed by atoms with Crippen molar-refractivity contribution in [2.24, 2.45) is 5.73 Å². The third-order valence-corrected chi connectivity index (χ3v) is 0.942. The van der Waals surface area contributed by atoms with Crippen LogP contribution in [0, 0.1) is 0 Å². The summed E-state index contributed by atoms with van der Waals surface area (Å²) in [5.41, 5.74) is 5.13. The van der Waals surface area contributed by atoms with E-state index < -0.39 is 5.97 Å². The molecule has 0 amide bonds. The first-order valence-corrected chi connectivity index (χ1v) is 3.27. The summed E-state index contributed by atoms with van der Waals surface area (Å²) >= 11 is 0. The Morgan fingerprint density at radius 2 is 2.20 bits per heavy atom. The van der Waals surface area contributed by atoms with Gasteiger partial charge in [0.05, 0.1) is 6.61 Å². The van der Waals surface area contributed by atoms with E-state index in [0.29, 0.717) is 26.2 Å². The Morgan fingerprint density at radius 3 is 2.70 bits per heavy atom. The molecule has 0 aliphatic heterocycles. The number of carboxylic acid groups (broad SMARTS) is 1. The van der Waals surface area contributed by atoms with E-state index in [1.807, 2.05) is 0 Å². The van der Waals surface area contributed by atoms with E-state index in [1.54, 1.807) is 0 Å². The Labute approximate surface area is 60.0 Å². The zero-order valence-corrected chi connectivity index (χ0v) is 5.88. The smallest absolute Gasteiger partial charge is 0.303 e. The van der Waals surface area contributed by atoms with Crippen LogP contribution in [0.1, 0.15) is 12.8 Å². The van der Waals surface area contributed by atoms with E-state index in [1.165, 1.54) is 0 Å². The lowest BCUT2D eigenvalue weighted by molar-refractivity contribution is -0.137. The van der Waals surface area contributed by atoms with Gasteiger partial charge in [-0.1, -0.05) is 0 Å². The van der Waals surface area contributed by atoms with Gasteiger partial charge in [0.1, 0.15) is 0 Å². The summed E-state index contributed by atoms with van der Waals surface area (Å²) in [7, 11) is 0. The van der Waals surface area contributed by atoms with Crippen molar-refractivity contribution in [2.45, 2.75) is 12.8 Å². The van der Waals surface area contributed by atoms with Gasteiger partial charge in [0.25, 0.3) is 0 Å². The van der Waals surface area contributed by atoms with Crippen LogP contribution in [0.4, 0.5) is 0 Å². The summed E-state index contributed by atoms with van der Waals surface area (Å²) in [6, 6.07) is 0. The van der Waals surface area contributed by atoms with Crippen LogP contribution in [-0.2, 0) is 9.53 Å². The van der Waals surface area contributed by atoms with Gasteiger partial charge < -0.3 is 15.6 Å².